The molecule has 0 radical (unpaired) electrons. The van der Waals surface area contributed by atoms with Crippen molar-refractivity contribution in [1.29, 1.82) is 5.26 Å². The minimum Gasteiger partial charge on any atom is -0.380 e. The van der Waals surface area contributed by atoms with E-state index in [2.05, 4.69) is 11.0 Å². The molecule has 2 amide bonds. The fourth-order valence-electron chi connectivity index (χ4n) is 5.58. The number of imide groups is 1. The highest BCUT2D eigenvalue weighted by Gasteiger charge is 2.65. The number of carbonyl (C=O) groups is 2. The molecule has 3 aliphatic heterocycles. The smallest absolute Gasteiger partial charge is 0.235 e. The van der Waals surface area contributed by atoms with Crippen LogP contribution < -0.4 is 0 Å². The molecule has 0 saturated carbocycles. The predicted octanol–water partition coefficient (Wildman–Crippen LogP) is 2.64. The first-order chi connectivity index (χ1) is 15.0. The van der Waals surface area contributed by atoms with Crippen molar-refractivity contribution in [2.45, 2.75) is 31.2 Å². The summed E-state index contributed by atoms with van der Waals surface area (Å²) in [4.78, 5) is 30.5. The quantitative estimate of drug-likeness (QED) is 0.713. The molecule has 31 heavy (non-hydrogen) atoms. The van der Waals surface area contributed by atoms with E-state index in [0.717, 1.165) is 18.5 Å². The van der Waals surface area contributed by atoms with Crippen molar-refractivity contribution in [3.8, 4) is 6.07 Å². The van der Waals surface area contributed by atoms with E-state index in [1.807, 2.05) is 12.1 Å². The molecule has 3 aliphatic rings. The second-order valence-electron chi connectivity index (χ2n) is 8.41. The highest BCUT2D eigenvalue weighted by Crippen LogP contribution is 2.53. The predicted molar refractivity (Wildman–Crippen MR) is 109 cm³/mol. The van der Waals surface area contributed by atoms with Crippen LogP contribution >= 0.6 is 0 Å². The number of ether oxygens (including phenoxy) is 1. The summed E-state index contributed by atoms with van der Waals surface area (Å²) in [6.07, 6.45) is 0.690. The maximum atomic E-state index is 13.5. The van der Waals surface area contributed by atoms with E-state index in [1.54, 1.807) is 31.4 Å². The third-order valence-electron chi connectivity index (χ3n) is 6.93. The van der Waals surface area contributed by atoms with Gasteiger partial charge in [-0.15, -0.1) is 0 Å². The zero-order valence-corrected chi connectivity index (χ0v) is 17.1. The number of rotatable bonds is 4. The van der Waals surface area contributed by atoms with Crippen molar-refractivity contribution < 1.29 is 18.7 Å². The SMILES string of the molecule is CO[C@@H]1CCN2[C@@H]1[C@@H]1C(=O)N(Cc3ccc(F)cc3)C(=O)[C@@H]1[C@@H]2c1ccc(C#N)cc1. The Labute approximate surface area is 179 Å². The van der Waals surface area contributed by atoms with Crippen molar-refractivity contribution >= 4 is 11.8 Å². The molecule has 2 aromatic rings. The summed E-state index contributed by atoms with van der Waals surface area (Å²) in [7, 11) is 1.65. The molecule has 0 spiro atoms. The number of benzene rings is 2. The van der Waals surface area contributed by atoms with Gasteiger partial charge in [-0.1, -0.05) is 24.3 Å². The topological polar surface area (TPSA) is 73.6 Å². The van der Waals surface area contributed by atoms with Gasteiger partial charge in [0.1, 0.15) is 5.82 Å². The van der Waals surface area contributed by atoms with Crippen LogP contribution in [0.25, 0.3) is 0 Å². The van der Waals surface area contributed by atoms with Crippen LogP contribution in [0.1, 0.15) is 29.2 Å². The monoisotopic (exact) mass is 419 g/mol. The maximum absolute atomic E-state index is 13.5. The average Bonchev–Trinajstić information content (AvgIpc) is 3.41. The van der Waals surface area contributed by atoms with E-state index >= 15 is 0 Å². The van der Waals surface area contributed by atoms with Crippen molar-refractivity contribution in [3.63, 3.8) is 0 Å². The molecule has 3 fully saturated rings. The fourth-order valence-corrected chi connectivity index (χ4v) is 5.58. The van der Waals surface area contributed by atoms with Crippen LogP contribution in [-0.4, -0.2) is 47.4 Å². The molecule has 5 atom stereocenters. The molecule has 3 heterocycles. The number of halogens is 1. The number of hydrogen-bond donors (Lipinski definition) is 0. The molecule has 0 bridgehead atoms. The van der Waals surface area contributed by atoms with Crippen LogP contribution in [0.2, 0.25) is 0 Å². The molecular weight excluding hydrogens is 397 g/mol. The molecule has 7 heteroatoms. The Morgan fingerprint density at radius 1 is 1.06 bits per heavy atom. The van der Waals surface area contributed by atoms with Gasteiger partial charge >= 0.3 is 0 Å². The first kappa shape index (κ1) is 19.9. The second-order valence-corrected chi connectivity index (χ2v) is 8.41. The molecule has 158 valence electrons. The molecule has 5 rings (SSSR count). The number of nitriles is 1. The summed E-state index contributed by atoms with van der Waals surface area (Å²) in [6.45, 7) is 0.884. The number of fused-ring (bicyclic) bond motifs is 3. The fraction of sp³-hybridized carbons (Fsp3) is 0.375. The van der Waals surface area contributed by atoms with E-state index in [4.69, 9.17) is 10.00 Å². The van der Waals surface area contributed by atoms with Gasteiger partial charge in [0.15, 0.2) is 0 Å². The highest BCUT2D eigenvalue weighted by molar-refractivity contribution is 6.06. The van der Waals surface area contributed by atoms with Gasteiger partial charge in [-0.05, 0) is 41.8 Å². The molecule has 0 aliphatic carbocycles. The summed E-state index contributed by atoms with van der Waals surface area (Å²) in [5.41, 5.74) is 2.19. The zero-order chi connectivity index (χ0) is 21.7. The summed E-state index contributed by atoms with van der Waals surface area (Å²) < 4.78 is 19.0. The van der Waals surface area contributed by atoms with Crippen molar-refractivity contribution in [1.82, 2.24) is 9.80 Å². The molecular formula is C24H22FN3O3. The van der Waals surface area contributed by atoms with Crippen LogP contribution in [0.3, 0.4) is 0 Å². The Hall–Kier alpha value is -3.08. The van der Waals surface area contributed by atoms with Gasteiger partial charge in [-0.25, -0.2) is 4.39 Å². The lowest BCUT2D eigenvalue weighted by atomic mass is 9.84. The van der Waals surface area contributed by atoms with Crippen LogP contribution in [-0.2, 0) is 20.9 Å². The third-order valence-corrected chi connectivity index (χ3v) is 6.93. The third kappa shape index (κ3) is 3.06. The number of carbonyl (C=O) groups excluding carboxylic acids is 2. The van der Waals surface area contributed by atoms with Crippen LogP contribution in [0.15, 0.2) is 48.5 Å². The summed E-state index contributed by atoms with van der Waals surface area (Å²) >= 11 is 0. The normalized spacial score (nSPS) is 29.8. The standard InChI is InChI=1S/C24H22FN3O3/c1-31-18-10-11-27-21(16-6-2-14(12-26)3-7-16)19-20(22(18)27)24(30)28(23(19)29)13-15-4-8-17(25)9-5-15/h2-9,18-22H,10-11,13H2,1H3/t18-,19+,20-,21+,22+/m1/s1. The van der Waals surface area contributed by atoms with E-state index in [-0.39, 0.29) is 42.4 Å². The van der Waals surface area contributed by atoms with Gasteiger partial charge in [0.05, 0.1) is 36.1 Å². The number of hydrogen-bond acceptors (Lipinski definition) is 5. The van der Waals surface area contributed by atoms with Gasteiger partial charge in [0.25, 0.3) is 0 Å². The highest BCUT2D eigenvalue weighted by atomic mass is 19.1. The minimum absolute atomic E-state index is 0.113. The van der Waals surface area contributed by atoms with E-state index < -0.39 is 11.8 Å². The van der Waals surface area contributed by atoms with Crippen molar-refractivity contribution in [2.24, 2.45) is 11.8 Å². The molecule has 2 aromatic carbocycles. The van der Waals surface area contributed by atoms with Gasteiger partial charge in [-0.3, -0.25) is 19.4 Å². The van der Waals surface area contributed by atoms with Crippen molar-refractivity contribution in [3.05, 3.63) is 71.0 Å². The number of nitrogens with zero attached hydrogens (tertiary/aromatic N) is 3. The zero-order valence-electron chi connectivity index (χ0n) is 17.1. The minimum atomic E-state index is -0.496. The lowest BCUT2D eigenvalue weighted by Crippen LogP contribution is -2.42. The maximum Gasteiger partial charge on any atom is 0.235 e. The first-order valence-electron chi connectivity index (χ1n) is 10.4. The lowest BCUT2D eigenvalue weighted by molar-refractivity contribution is -0.142. The summed E-state index contributed by atoms with van der Waals surface area (Å²) in [5.74, 6) is -1.71. The van der Waals surface area contributed by atoms with Crippen LogP contribution in [0.5, 0.6) is 0 Å². The van der Waals surface area contributed by atoms with E-state index in [1.165, 1.54) is 17.0 Å². The Morgan fingerprint density at radius 2 is 1.74 bits per heavy atom. The summed E-state index contributed by atoms with van der Waals surface area (Å²) in [6, 6.07) is 14.8. The van der Waals surface area contributed by atoms with E-state index in [9.17, 15) is 14.0 Å². The first-order valence-corrected chi connectivity index (χ1v) is 10.4. The van der Waals surface area contributed by atoms with Crippen LogP contribution in [0, 0.1) is 29.0 Å². The van der Waals surface area contributed by atoms with Crippen LogP contribution in [0.4, 0.5) is 4.39 Å². The molecule has 0 aromatic heterocycles. The largest absolute Gasteiger partial charge is 0.380 e. The van der Waals surface area contributed by atoms with Gasteiger partial charge < -0.3 is 4.74 Å². The number of likely N-dealkylation sites (tertiary alicyclic amines) is 1. The second kappa shape index (κ2) is 7.56. The van der Waals surface area contributed by atoms with Gasteiger partial charge in [0, 0.05) is 25.7 Å². The van der Waals surface area contributed by atoms with Gasteiger partial charge in [0.2, 0.25) is 11.8 Å². The molecule has 6 nitrogen and oxygen atoms in total. The Morgan fingerprint density at radius 3 is 2.39 bits per heavy atom. The number of amides is 2. The van der Waals surface area contributed by atoms with Gasteiger partial charge in [-0.2, -0.15) is 5.26 Å². The summed E-state index contributed by atoms with van der Waals surface area (Å²) in [5, 5.41) is 9.12. The molecule has 0 N–H and O–H groups in total. The molecule has 0 unspecified atom stereocenters. The number of methoxy groups -OCH3 is 1. The average molecular weight is 419 g/mol. The Balaban J connectivity index is 1.52. The lowest BCUT2D eigenvalue weighted by Gasteiger charge is -2.29. The van der Waals surface area contributed by atoms with Crippen molar-refractivity contribution in [2.75, 3.05) is 13.7 Å². The molecule has 3 saturated heterocycles. The Kier molecular flexibility index (Phi) is 4.84. The Bertz CT molecular complexity index is 1060. The van der Waals surface area contributed by atoms with E-state index in [0.29, 0.717) is 11.1 Å².